The number of amides is 1. The van der Waals surface area contributed by atoms with E-state index in [-0.39, 0.29) is 12.2 Å². The van der Waals surface area contributed by atoms with E-state index in [9.17, 15) is 14.4 Å². The minimum atomic E-state index is -0.547. The molecule has 0 aliphatic carbocycles. The van der Waals surface area contributed by atoms with Gasteiger partial charge in [0.25, 0.3) is 5.91 Å². The summed E-state index contributed by atoms with van der Waals surface area (Å²) < 4.78 is 10.3. The van der Waals surface area contributed by atoms with Crippen molar-refractivity contribution in [2.24, 2.45) is 0 Å². The summed E-state index contributed by atoms with van der Waals surface area (Å²) in [6.45, 7) is 3.29. The number of esters is 2. The van der Waals surface area contributed by atoms with Crippen molar-refractivity contribution in [3.63, 3.8) is 0 Å². The van der Waals surface area contributed by atoms with Gasteiger partial charge in [0.1, 0.15) is 15.4 Å². The third-order valence-electron chi connectivity index (χ3n) is 3.99. The first kappa shape index (κ1) is 20.8. The first-order valence-corrected chi connectivity index (χ1v) is 10.6. The second-order valence-corrected chi connectivity index (χ2v) is 7.79. The Labute approximate surface area is 176 Å². The summed E-state index contributed by atoms with van der Waals surface area (Å²) in [6.07, 6.45) is 0. The molecular weight excluding hydrogens is 410 g/mol. The monoisotopic (exact) mass is 429 g/mol. The van der Waals surface area contributed by atoms with E-state index in [1.165, 1.54) is 22.7 Å². The Morgan fingerprint density at radius 3 is 2.41 bits per heavy atom. The van der Waals surface area contributed by atoms with Gasteiger partial charge in [-0.3, -0.25) is 4.79 Å². The summed E-state index contributed by atoms with van der Waals surface area (Å²) in [5.41, 5.74) is 2.61. The van der Waals surface area contributed by atoms with Crippen LogP contribution in [-0.4, -0.2) is 31.1 Å². The number of anilines is 1. The second-order valence-electron chi connectivity index (χ2n) is 6.00. The van der Waals surface area contributed by atoms with Crippen LogP contribution >= 0.6 is 22.7 Å². The average Bonchev–Trinajstić information content (AvgIpc) is 3.33. The van der Waals surface area contributed by atoms with Crippen molar-refractivity contribution in [2.75, 3.05) is 18.5 Å². The maximum atomic E-state index is 12.5. The van der Waals surface area contributed by atoms with Crippen LogP contribution in [0.1, 0.15) is 32.5 Å². The zero-order chi connectivity index (χ0) is 20.8. The maximum absolute atomic E-state index is 12.5. The van der Waals surface area contributed by atoms with Gasteiger partial charge in [-0.25, -0.2) is 9.59 Å². The van der Waals surface area contributed by atoms with Crippen molar-refractivity contribution in [1.29, 1.82) is 0 Å². The number of aryl methyl sites for hydroxylation is 1. The normalized spacial score (nSPS) is 10.4. The third kappa shape index (κ3) is 4.90. The van der Waals surface area contributed by atoms with E-state index in [1.807, 2.05) is 36.4 Å². The number of rotatable bonds is 7. The number of carbonyl (C=O) groups excluding carboxylic acids is 3. The Morgan fingerprint density at radius 1 is 1.00 bits per heavy atom. The van der Waals surface area contributed by atoms with E-state index in [1.54, 1.807) is 24.6 Å². The van der Waals surface area contributed by atoms with Gasteiger partial charge in [-0.15, -0.1) is 22.7 Å². The molecule has 0 aliphatic rings. The Balaban J connectivity index is 1.75. The Hall–Kier alpha value is -2.97. The molecular formula is C21H19NO5S2. The molecule has 0 radical (unpaired) electrons. The van der Waals surface area contributed by atoms with Gasteiger partial charge < -0.3 is 14.8 Å². The molecule has 3 aromatic rings. The highest BCUT2D eigenvalue weighted by Crippen LogP contribution is 2.36. The van der Waals surface area contributed by atoms with E-state index in [4.69, 9.17) is 9.47 Å². The van der Waals surface area contributed by atoms with Crippen molar-refractivity contribution in [2.45, 2.75) is 13.8 Å². The smallest absolute Gasteiger partial charge is 0.349 e. The SMILES string of the molecule is CCOC(=O)c1c(-c2ccccc2)csc1NC(=O)COC(=O)c1sccc1C. The molecule has 3 rings (SSSR count). The third-order valence-corrected chi connectivity index (χ3v) is 5.88. The van der Waals surface area contributed by atoms with Crippen molar-refractivity contribution in [1.82, 2.24) is 0 Å². The number of hydrogen-bond acceptors (Lipinski definition) is 7. The molecule has 0 unspecified atom stereocenters. The highest BCUT2D eigenvalue weighted by atomic mass is 32.1. The molecule has 0 fully saturated rings. The van der Waals surface area contributed by atoms with E-state index >= 15 is 0 Å². The molecule has 1 amide bonds. The Bertz CT molecular complexity index is 1020. The molecule has 0 saturated carbocycles. The number of benzene rings is 1. The van der Waals surface area contributed by atoms with Crippen molar-refractivity contribution in [3.05, 3.63) is 63.2 Å². The Kier molecular flexibility index (Phi) is 6.79. The largest absolute Gasteiger partial charge is 0.462 e. The topological polar surface area (TPSA) is 81.7 Å². The highest BCUT2D eigenvalue weighted by molar-refractivity contribution is 7.15. The van der Waals surface area contributed by atoms with Gasteiger partial charge in [-0.05, 0) is 36.4 Å². The molecule has 6 nitrogen and oxygen atoms in total. The minimum Gasteiger partial charge on any atom is -0.462 e. The molecule has 0 saturated heterocycles. The fourth-order valence-electron chi connectivity index (χ4n) is 2.63. The maximum Gasteiger partial charge on any atom is 0.349 e. The van der Waals surface area contributed by atoms with Crippen molar-refractivity contribution >= 4 is 45.5 Å². The zero-order valence-electron chi connectivity index (χ0n) is 15.9. The van der Waals surface area contributed by atoms with Crippen LogP contribution in [0.4, 0.5) is 5.00 Å². The van der Waals surface area contributed by atoms with Gasteiger partial charge >= 0.3 is 11.9 Å². The molecule has 0 spiro atoms. The molecule has 0 atom stereocenters. The zero-order valence-corrected chi connectivity index (χ0v) is 17.5. The van der Waals surface area contributed by atoms with E-state index in [2.05, 4.69) is 5.32 Å². The summed E-state index contributed by atoms with van der Waals surface area (Å²) in [7, 11) is 0. The van der Waals surface area contributed by atoms with Crippen LogP contribution in [0.3, 0.4) is 0 Å². The van der Waals surface area contributed by atoms with E-state index < -0.39 is 24.5 Å². The number of nitrogens with one attached hydrogen (secondary N) is 1. The minimum absolute atomic E-state index is 0.216. The molecule has 150 valence electrons. The van der Waals surface area contributed by atoms with Crippen molar-refractivity contribution < 1.29 is 23.9 Å². The van der Waals surface area contributed by atoms with Gasteiger partial charge in [0, 0.05) is 10.9 Å². The van der Waals surface area contributed by atoms with Gasteiger partial charge in [-0.1, -0.05) is 30.3 Å². The van der Waals surface area contributed by atoms with Crippen LogP contribution in [0, 0.1) is 6.92 Å². The molecule has 0 bridgehead atoms. The second kappa shape index (κ2) is 9.49. The van der Waals surface area contributed by atoms with Gasteiger partial charge in [0.05, 0.1) is 6.61 Å². The lowest BCUT2D eigenvalue weighted by Crippen LogP contribution is -2.21. The van der Waals surface area contributed by atoms with Gasteiger partial charge in [-0.2, -0.15) is 0 Å². The van der Waals surface area contributed by atoms with Crippen LogP contribution in [0.25, 0.3) is 11.1 Å². The van der Waals surface area contributed by atoms with Crippen molar-refractivity contribution in [3.8, 4) is 11.1 Å². The fraction of sp³-hybridized carbons (Fsp3) is 0.190. The summed E-state index contributed by atoms with van der Waals surface area (Å²) in [4.78, 5) is 37.4. The molecule has 2 aromatic heterocycles. The first-order valence-electron chi connectivity index (χ1n) is 8.86. The molecule has 0 aliphatic heterocycles. The molecule has 2 heterocycles. The number of ether oxygens (including phenoxy) is 2. The van der Waals surface area contributed by atoms with Crippen LogP contribution in [0.2, 0.25) is 0 Å². The number of thiophene rings is 2. The Morgan fingerprint density at radius 2 is 1.76 bits per heavy atom. The molecule has 29 heavy (non-hydrogen) atoms. The lowest BCUT2D eigenvalue weighted by Gasteiger charge is -2.09. The predicted molar refractivity (Wildman–Crippen MR) is 114 cm³/mol. The summed E-state index contributed by atoms with van der Waals surface area (Å²) in [5.74, 6) is -1.59. The van der Waals surface area contributed by atoms with Crippen LogP contribution in [0.15, 0.2) is 47.2 Å². The summed E-state index contributed by atoms with van der Waals surface area (Å²) in [6, 6.07) is 11.2. The average molecular weight is 430 g/mol. The van der Waals surface area contributed by atoms with Gasteiger partial charge in [0.15, 0.2) is 6.61 Å². The lowest BCUT2D eigenvalue weighted by atomic mass is 10.0. The first-order chi connectivity index (χ1) is 14.0. The number of carbonyl (C=O) groups is 3. The fourth-order valence-corrected chi connectivity index (χ4v) is 4.42. The summed E-state index contributed by atoms with van der Waals surface area (Å²) >= 11 is 2.48. The molecule has 8 heteroatoms. The van der Waals surface area contributed by atoms with Crippen LogP contribution in [0.5, 0.6) is 0 Å². The standard InChI is InChI=1S/C21H19NO5S2/c1-3-26-20(24)17-15(14-7-5-4-6-8-14)12-29-19(17)22-16(23)11-27-21(25)18-13(2)9-10-28-18/h4-10,12H,3,11H2,1-2H3,(H,22,23). The van der Waals surface area contributed by atoms with E-state index in [0.29, 0.717) is 15.4 Å². The lowest BCUT2D eigenvalue weighted by molar-refractivity contribution is -0.119. The predicted octanol–water partition coefficient (Wildman–Crippen LogP) is 4.76. The van der Waals surface area contributed by atoms with Crippen LogP contribution < -0.4 is 5.32 Å². The summed E-state index contributed by atoms with van der Waals surface area (Å²) in [5, 5.41) is 6.59. The van der Waals surface area contributed by atoms with Gasteiger partial charge in [0.2, 0.25) is 0 Å². The van der Waals surface area contributed by atoms with E-state index in [0.717, 1.165) is 11.1 Å². The molecule has 1 aromatic carbocycles. The highest BCUT2D eigenvalue weighted by Gasteiger charge is 2.23. The quantitative estimate of drug-likeness (QED) is 0.548. The number of hydrogen-bond donors (Lipinski definition) is 1. The van der Waals surface area contributed by atoms with Crippen LogP contribution in [-0.2, 0) is 14.3 Å². The molecule has 1 N–H and O–H groups in total.